The molecule has 0 radical (unpaired) electrons. The van der Waals surface area contributed by atoms with Crippen molar-refractivity contribution in [2.75, 3.05) is 6.54 Å². The van der Waals surface area contributed by atoms with E-state index in [1.165, 1.54) is 45.1 Å². The molecule has 1 heteroatoms. The lowest BCUT2D eigenvalue weighted by molar-refractivity contribution is 0.143. The SMILES string of the molecule is C1CCC2(CCC2)NC1. The molecule has 2 rings (SSSR count). The van der Waals surface area contributed by atoms with Crippen LogP contribution in [0.5, 0.6) is 0 Å². The second-order valence-electron chi connectivity index (χ2n) is 3.52. The first-order chi connectivity index (χ1) is 4.41. The zero-order chi connectivity index (χ0) is 6.16. The maximum absolute atomic E-state index is 3.63. The Morgan fingerprint density at radius 1 is 0.889 bits per heavy atom. The maximum Gasteiger partial charge on any atom is 0.0181 e. The molecule has 0 amide bonds. The Balaban J connectivity index is 1.93. The van der Waals surface area contributed by atoms with E-state index in [0.29, 0.717) is 5.54 Å². The summed E-state index contributed by atoms with van der Waals surface area (Å²) in [4.78, 5) is 0. The Hall–Kier alpha value is -0.0400. The van der Waals surface area contributed by atoms with Crippen molar-refractivity contribution in [1.82, 2.24) is 5.32 Å². The normalized spacial score (nSPS) is 32.0. The summed E-state index contributed by atoms with van der Waals surface area (Å²) in [7, 11) is 0. The fourth-order valence-corrected chi connectivity index (χ4v) is 2.06. The molecule has 0 aromatic rings. The van der Waals surface area contributed by atoms with E-state index in [9.17, 15) is 0 Å². The molecule has 0 unspecified atom stereocenters. The van der Waals surface area contributed by atoms with Crippen molar-refractivity contribution in [3.8, 4) is 0 Å². The van der Waals surface area contributed by atoms with Crippen molar-refractivity contribution in [2.24, 2.45) is 0 Å². The van der Waals surface area contributed by atoms with Gasteiger partial charge in [0.25, 0.3) is 0 Å². The molecule has 0 atom stereocenters. The summed E-state index contributed by atoms with van der Waals surface area (Å²) in [5.74, 6) is 0. The van der Waals surface area contributed by atoms with Gasteiger partial charge in [-0.1, -0.05) is 6.42 Å². The molecule has 1 saturated carbocycles. The van der Waals surface area contributed by atoms with Crippen molar-refractivity contribution >= 4 is 0 Å². The highest BCUT2D eigenvalue weighted by atomic mass is 15.0. The van der Waals surface area contributed by atoms with Crippen LogP contribution in [0.25, 0.3) is 0 Å². The highest BCUT2D eigenvalue weighted by Crippen LogP contribution is 2.37. The summed E-state index contributed by atoms with van der Waals surface area (Å²) in [5, 5.41) is 3.63. The van der Waals surface area contributed by atoms with Crippen molar-refractivity contribution in [1.29, 1.82) is 0 Å². The first kappa shape index (κ1) is 5.72. The molecule has 1 aliphatic heterocycles. The van der Waals surface area contributed by atoms with E-state index in [4.69, 9.17) is 0 Å². The fraction of sp³-hybridized carbons (Fsp3) is 1.00. The molecule has 52 valence electrons. The quantitative estimate of drug-likeness (QED) is 0.519. The van der Waals surface area contributed by atoms with Gasteiger partial charge in [0.1, 0.15) is 0 Å². The van der Waals surface area contributed by atoms with Crippen LogP contribution in [-0.2, 0) is 0 Å². The minimum absolute atomic E-state index is 0.651. The standard InChI is InChI=1S/C8H15N/c1-2-7-9-8(4-1)5-3-6-8/h9H,1-7H2. The smallest absolute Gasteiger partial charge is 0.0181 e. The van der Waals surface area contributed by atoms with Gasteiger partial charge in [0, 0.05) is 5.54 Å². The largest absolute Gasteiger partial charge is 0.311 e. The molecule has 2 fully saturated rings. The van der Waals surface area contributed by atoms with Crippen LogP contribution in [0.3, 0.4) is 0 Å². The lowest BCUT2D eigenvalue weighted by Gasteiger charge is -2.45. The van der Waals surface area contributed by atoms with Crippen molar-refractivity contribution in [3.63, 3.8) is 0 Å². The minimum Gasteiger partial charge on any atom is -0.311 e. The average Bonchev–Trinajstić information content (AvgIpc) is 1.87. The molecule has 1 nitrogen and oxygen atoms in total. The predicted molar refractivity (Wildman–Crippen MR) is 38.4 cm³/mol. The Labute approximate surface area is 56.8 Å². The molecule has 0 aromatic carbocycles. The van der Waals surface area contributed by atoms with Crippen molar-refractivity contribution < 1.29 is 0 Å². The molecule has 1 spiro atoms. The Bertz CT molecular complexity index is 97.1. The van der Waals surface area contributed by atoms with Gasteiger partial charge in [0.2, 0.25) is 0 Å². The van der Waals surface area contributed by atoms with Crippen LogP contribution in [0.1, 0.15) is 38.5 Å². The second-order valence-corrected chi connectivity index (χ2v) is 3.52. The van der Waals surface area contributed by atoms with Gasteiger partial charge in [0.15, 0.2) is 0 Å². The van der Waals surface area contributed by atoms with Gasteiger partial charge >= 0.3 is 0 Å². The van der Waals surface area contributed by atoms with Gasteiger partial charge < -0.3 is 5.32 Å². The van der Waals surface area contributed by atoms with E-state index < -0.39 is 0 Å². The van der Waals surface area contributed by atoms with E-state index in [1.807, 2.05) is 0 Å². The van der Waals surface area contributed by atoms with Crippen LogP contribution in [0.4, 0.5) is 0 Å². The van der Waals surface area contributed by atoms with Crippen LogP contribution in [0.15, 0.2) is 0 Å². The third-order valence-corrected chi connectivity index (χ3v) is 2.89. The lowest BCUT2D eigenvalue weighted by atomic mass is 9.72. The van der Waals surface area contributed by atoms with Gasteiger partial charge in [-0.25, -0.2) is 0 Å². The first-order valence-corrected chi connectivity index (χ1v) is 4.16. The molecule has 1 aliphatic carbocycles. The summed E-state index contributed by atoms with van der Waals surface area (Å²) in [6.07, 6.45) is 8.69. The highest BCUT2D eigenvalue weighted by Gasteiger charge is 2.36. The van der Waals surface area contributed by atoms with Gasteiger partial charge in [0.05, 0.1) is 0 Å². The van der Waals surface area contributed by atoms with Gasteiger partial charge in [-0.15, -0.1) is 0 Å². The predicted octanol–water partition coefficient (Wildman–Crippen LogP) is 1.68. The summed E-state index contributed by atoms with van der Waals surface area (Å²) in [6, 6.07) is 0. The van der Waals surface area contributed by atoms with Crippen LogP contribution in [0.2, 0.25) is 0 Å². The Kier molecular flexibility index (Phi) is 1.26. The van der Waals surface area contributed by atoms with E-state index in [-0.39, 0.29) is 0 Å². The first-order valence-electron chi connectivity index (χ1n) is 4.16. The minimum atomic E-state index is 0.651. The number of hydrogen-bond donors (Lipinski definition) is 1. The van der Waals surface area contributed by atoms with Gasteiger partial charge in [-0.3, -0.25) is 0 Å². The van der Waals surface area contributed by atoms with Crippen LogP contribution < -0.4 is 5.32 Å². The summed E-state index contributed by atoms with van der Waals surface area (Å²) in [6.45, 7) is 1.28. The van der Waals surface area contributed by atoms with Crippen LogP contribution in [0, 0.1) is 0 Å². The number of hydrogen-bond acceptors (Lipinski definition) is 1. The fourth-order valence-electron chi connectivity index (χ4n) is 2.06. The molecular formula is C8H15N. The number of rotatable bonds is 0. The van der Waals surface area contributed by atoms with E-state index >= 15 is 0 Å². The van der Waals surface area contributed by atoms with E-state index in [2.05, 4.69) is 5.32 Å². The third kappa shape index (κ3) is 0.877. The molecule has 2 aliphatic rings. The highest BCUT2D eigenvalue weighted by molar-refractivity contribution is 4.97. The van der Waals surface area contributed by atoms with Crippen molar-refractivity contribution in [2.45, 2.75) is 44.1 Å². The lowest BCUT2D eigenvalue weighted by Crippen LogP contribution is -2.53. The topological polar surface area (TPSA) is 12.0 Å². The molecule has 9 heavy (non-hydrogen) atoms. The zero-order valence-electron chi connectivity index (χ0n) is 5.95. The summed E-state index contributed by atoms with van der Waals surface area (Å²) >= 11 is 0. The monoisotopic (exact) mass is 125 g/mol. The summed E-state index contributed by atoms with van der Waals surface area (Å²) < 4.78 is 0. The molecule has 1 heterocycles. The molecule has 0 aromatic heterocycles. The van der Waals surface area contributed by atoms with Crippen molar-refractivity contribution in [3.05, 3.63) is 0 Å². The van der Waals surface area contributed by atoms with E-state index in [1.54, 1.807) is 0 Å². The second kappa shape index (κ2) is 1.98. The maximum atomic E-state index is 3.63. The van der Waals surface area contributed by atoms with Crippen LogP contribution >= 0.6 is 0 Å². The third-order valence-electron chi connectivity index (χ3n) is 2.89. The van der Waals surface area contributed by atoms with E-state index in [0.717, 1.165) is 0 Å². The molecule has 1 N–H and O–H groups in total. The summed E-state index contributed by atoms with van der Waals surface area (Å²) in [5.41, 5.74) is 0.651. The Morgan fingerprint density at radius 3 is 2.00 bits per heavy atom. The molecular weight excluding hydrogens is 110 g/mol. The zero-order valence-corrected chi connectivity index (χ0v) is 5.95. The van der Waals surface area contributed by atoms with Gasteiger partial charge in [-0.2, -0.15) is 0 Å². The molecule has 0 bridgehead atoms. The molecule has 1 saturated heterocycles. The number of piperidine rings is 1. The van der Waals surface area contributed by atoms with Crippen LogP contribution in [-0.4, -0.2) is 12.1 Å². The average molecular weight is 125 g/mol. The van der Waals surface area contributed by atoms with Gasteiger partial charge in [-0.05, 0) is 38.6 Å². The number of nitrogens with one attached hydrogen (secondary N) is 1. The Morgan fingerprint density at radius 2 is 1.67 bits per heavy atom.